The predicted octanol–water partition coefficient (Wildman–Crippen LogP) is 4.83. The molecule has 0 radical (unpaired) electrons. The van der Waals surface area contributed by atoms with Gasteiger partial charge in [-0.15, -0.1) is 0 Å². The van der Waals surface area contributed by atoms with Crippen LogP contribution in [0.4, 0.5) is 0 Å². The van der Waals surface area contributed by atoms with E-state index in [0.29, 0.717) is 28.4 Å². The lowest BCUT2D eigenvalue weighted by Crippen LogP contribution is -2.38. The molecule has 1 N–H and O–H groups in total. The smallest absolute Gasteiger partial charge is 0.336 e. The molecule has 0 fully saturated rings. The molecule has 33 heavy (non-hydrogen) atoms. The zero-order valence-corrected chi connectivity index (χ0v) is 19.9. The highest BCUT2D eigenvalue weighted by molar-refractivity contribution is 6.30. The summed E-state index contributed by atoms with van der Waals surface area (Å²) in [7, 11) is 0. The minimum absolute atomic E-state index is 0.105. The van der Waals surface area contributed by atoms with Gasteiger partial charge in [0.1, 0.15) is 0 Å². The molecule has 7 heteroatoms. The second-order valence-corrected chi connectivity index (χ2v) is 8.40. The lowest BCUT2D eigenvalue weighted by atomic mass is 9.83. The highest BCUT2D eigenvalue weighted by Gasteiger charge is 2.37. The normalized spacial score (nSPS) is 16.1. The first-order chi connectivity index (χ1) is 15.8. The molecule has 1 unspecified atom stereocenters. The Balaban J connectivity index is 1.95. The summed E-state index contributed by atoms with van der Waals surface area (Å²) >= 11 is 6.17. The van der Waals surface area contributed by atoms with Gasteiger partial charge in [0.15, 0.2) is 0 Å². The lowest BCUT2D eigenvalue weighted by molar-refractivity contribution is -0.140. The lowest BCUT2D eigenvalue weighted by Gasteiger charge is -2.34. The number of hydrogen-bond donors (Lipinski definition) is 1. The maximum atomic E-state index is 13.2. The molecule has 6 nitrogen and oxygen atoms in total. The second kappa shape index (κ2) is 11.1. The number of carbonyl (C=O) groups excluding carboxylic acids is 3. The molecular formula is C26H29ClN2O4. The summed E-state index contributed by atoms with van der Waals surface area (Å²) in [5, 5.41) is 3.40. The number of esters is 1. The fourth-order valence-electron chi connectivity index (χ4n) is 4.02. The number of allylic oxidation sites excluding steroid dienone is 1. The molecule has 0 aliphatic carbocycles. The first-order valence-corrected chi connectivity index (χ1v) is 11.5. The summed E-state index contributed by atoms with van der Waals surface area (Å²) in [4.78, 5) is 40.1. The summed E-state index contributed by atoms with van der Waals surface area (Å²) in [6, 6.07) is 14.4. The molecule has 1 aliphatic heterocycles. The molecule has 1 heterocycles. The highest BCUT2D eigenvalue weighted by atomic mass is 35.5. The fourth-order valence-corrected chi connectivity index (χ4v) is 4.22. The average Bonchev–Trinajstić information content (AvgIpc) is 2.80. The number of hydrogen-bond acceptors (Lipinski definition) is 4. The van der Waals surface area contributed by atoms with Gasteiger partial charge in [-0.05, 0) is 55.7 Å². The molecule has 3 rings (SSSR count). The Morgan fingerprint density at radius 3 is 2.61 bits per heavy atom. The van der Waals surface area contributed by atoms with Gasteiger partial charge < -0.3 is 15.0 Å². The zero-order valence-electron chi connectivity index (χ0n) is 19.2. The number of benzene rings is 2. The number of rotatable bonds is 8. The summed E-state index contributed by atoms with van der Waals surface area (Å²) < 4.78 is 5.33. The molecule has 2 amide bonds. The molecule has 0 saturated heterocycles. The van der Waals surface area contributed by atoms with Crippen LogP contribution in [0.3, 0.4) is 0 Å². The zero-order chi connectivity index (χ0) is 24.0. The van der Waals surface area contributed by atoms with Crippen molar-refractivity contribution in [2.45, 2.75) is 46.1 Å². The van der Waals surface area contributed by atoms with Crippen LogP contribution < -0.4 is 5.32 Å². The fraction of sp³-hybridized carbons (Fsp3) is 0.346. The number of ether oxygens (including phenoxy) is 1. The van der Waals surface area contributed by atoms with Crippen molar-refractivity contribution in [2.24, 2.45) is 0 Å². The minimum atomic E-state index is -0.440. The second-order valence-electron chi connectivity index (χ2n) is 7.97. The van der Waals surface area contributed by atoms with Gasteiger partial charge in [-0.3, -0.25) is 9.59 Å². The molecule has 1 atom stereocenters. The van der Waals surface area contributed by atoms with Crippen LogP contribution in [0.2, 0.25) is 5.02 Å². The summed E-state index contributed by atoms with van der Waals surface area (Å²) in [6.45, 7) is 6.60. The standard InChI is InChI=1S/C26H29ClN2O4/c1-4-12-28-25(31)20-10-6-8-18(13-20)16-29-17(3)24(26(32)33-5-2)22(15-23(29)30)19-9-7-11-21(27)14-19/h6-11,13-14,22H,4-5,12,15-16H2,1-3H3,(H,28,31). The van der Waals surface area contributed by atoms with E-state index in [1.807, 2.05) is 25.1 Å². The quantitative estimate of drug-likeness (QED) is 0.563. The summed E-state index contributed by atoms with van der Waals surface area (Å²) in [5.74, 6) is -1.13. The van der Waals surface area contributed by atoms with E-state index in [1.165, 1.54) is 0 Å². The number of halogens is 1. The molecule has 0 aromatic heterocycles. The molecule has 0 spiro atoms. The van der Waals surface area contributed by atoms with Gasteiger partial charge in [0, 0.05) is 35.2 Å². The van der Waals surface area contributed by atoms with E-state index in [2.05, 4.69) is 5.32 Å². The van der Waals surface area contributed by atoms with Crippen LogP contribution in [0.1, 0.15) is 61.0 Å². The van der Waals surface area contributed by atoms with Crippen molar-refractivity contribution in [3.8, 4) is 0 Å². The largest absolute Gasteiger partial charge is 0.463 e. The molecule has 174 valence electrons. The Morgan fingerprint density at radius 1 is 1.15 bits per heavy atom. The van der Waals surface area contributed by atoms with Crippen LogP contribution in [0.5, 0.6) is 0 Å². The monoisotopic (exact) mass is 468 g/mol. The number of nitrogens with one attached hydrogen (secondary N) is 1. The van der Waals surface area contributed by atoms with E-state index in [-0.39, 0.29) is 31.4 Å². The Morgan fingerprint density at radius 2 is 1.91 bits per heavy atom. The van der Waals surface area contributed by atoms with Gasteiger partial charge in [-0.2, -0.15) is 0 Å². The molecule has 2 aromatic carbocycles. The summed E-state index contributed by atoms with van der Waals surface area (Å²) in [5.41, 5.74) is 3.14. The highest BCUT2D eigenvalue weighted by Crippen LogP contribution is 2.38. The third-order valence-corrected chi connectivity index (χ3v) is 5.87. The van der Waals surface area contributed by atoms with Crippen LogP contribution in [0, 0.1) is 0 Å². The Kier molecular flexibility index (Phi) is 8.28. The van der Waals surface area contributed by atoms with E-state index in [0.717, 1.165) is 17.5 Å². The number of nitrogens with zero attached hydrogens (tertiary/aromatic N) is 1. The minimum Gasteiger partial charge on any atom is -0.463 e. The van der Waals surface area contributed by atoms with Gasteiger partial charge in [-0.1, -0.05) is 42.8 Å². The molecule has 0 bridgehead atoms. The number of carbonyl (C=O) groups is 3. The maximum absolute atomic E-state index is 13.2. The third kappa shape index (κ3) is 5.82. The predicted molar refractivity (Wildman–Crippen MR) is 128 cm³/mol. The molecule has 0 saturated carbocycles. The van der Waals surface area contributed by atoms with E-state index >= 15 is 0 Å². The van der Waals surface area contributed by atoms with Gasteiger partial charge >= 0.3 is 5.97 Å². The molecular weight excluding hydrogens is 440 g/mol. The Bertz CT molecular complexity index is 1080. The van der Waals surface area contributed by atoms with Crippen LogP contribution in [0.15, 0.2) is 59.8 Å². The van der Waals surface area contributed by atoms with Crippen LogP contribution in [-0.4, -0.2) is 35.8 Å². The van der Waals surface area contributed by atoms with Crippen molar-refractivity contribution in [3.63, 3.8) is 0 Å². The first kappa shape index (κ1) is 24.5. The Hall–Kier alpha value is -3.12. The van der Waals surface area contributed by atoms with Gasteiger partial charge in [0.25, 0.3) is 5.91 Å². The Labute approximate surface area is 199 Å². The van der Waals surface area contributed by atoms with Crippen molar-refractivity contribution in [2.75, 3.05) is 13.2 Å². The molecule has 1 aliphatic rings. The van der Waals surface area contributed by atoms with E-state index in [1.54, 1.807) is 49.1 Å². The molecule has 2 aromatic rings. The van der Waals surface area contributed by atoms with Crippen LogP contribution in [-0.2, 0) is 20.9 Å². The first-order valence-electron chi connectivity index (χ1n) is 11.2. The average molecular weight is 469 g/mol. The van der Waals surface area contributed by atoms with Gasteiger partial charge in [0.2, 0.25) is 5.91 Å². The summed E-state index contributed by atoms with van der Waals surface area (Å²) in [6.07, 6.45) is 0.977. The van der Waals surface area contributed by atoms with Crippen molar-refractivity contribution < 1.29 is 19.1 Å². The maximum Gasteiger partial charge on any atom is 0.336 e. The SMILES string of the molecule is CCCNC(=O)c1cccc(CN2C(=O)CC(c3cccc(Cl)c3)C(C(=O)OCC)=C2C)c1. The van der Waals surface area contributed by atoms with Crippen molar-refractivity contribution in [3.05, 3.63) is 81.5 Å². The van der Waals surface area contributed by atoms with Crippen molar-refractivity contribution in [1.82, 2.24) is 10.2 Å². The number of amides is 2. The van der Waals surface area contributed by atoms with Gasteiger partial charge in [-0.25, -0.2) is 4.79 Å². The van der Waals surface area contributed by atoms with E-state index < -0.39 is 11.9 Å². The van der Waals surface area contributed by atoms with Crippen LogP contribution in [0.25, 0.3) is 0 Å². The topological polar surface area (TPSA) is 75.7 Å². The van der Waals surface area contributed by atoms with Crippen molar-refractivity contribution >= 4 is 29.4 Å². The third-order valence-electron chi connectivity index (χ3n) is 5.63. The van der Waals surface area contributed by atoms with E-state index in [4.69, 9.17) is 16.3 Å². The van der Waals surface area contributed by atoms with Crippen molar-refractivity contribution in [1.29, 1.82) is 0 Å². The van der Waals surface area contributed by atoms with Crippen LogP contribution >= 0.6 is 11.6 Å². The van der Waals surface area contributed by atoms with E-state index in [9.17, 15) is 14.4 Å². The van der Waals surface area contributed by atoms with Gasteiger partial charge in [0.05, 0.1) is 18.7 Å².